The Hall–Kier alpha value is -1.20. The van der Waals surface area contributed by atoms with E-state index < -0.39 is 6.10 Å². The van der Waals surface area contributed by atoms with Gasteiger partial charge in [-0.25, -0.2) is 0 Å². The zero-order chi connectivity index (χ0) is 19.0. The van der Waals surface area contributed by atoms with Crippen molar-refractivity contribution in [2.24, 2.45) is 0 Å². The monoisotopic (exact) mass is 403 g/mol. The lowest BCUT2D eigenvalue weighted by molar-refractivity contribution is 0.0115. The first-order chi connectivity index (χ1) is 13.0. The molecular formula is C22H26ClNO2S. The predicted octanol–water partition coefficient (Wildman–Crippen LogP) is 5.26. The van der Waals surface area contributed by atoms with Gasteiger partial charge >= 0.3 is 0 Å². The normalized spacial score (nSPS) is 27.4. The number of halogens is 1. The number of hydrogen-bond donors (Lipinski definition) is 2. The van der Waals surface area contributed by atoms with E-state index in [1.807, 2.05) is 36.0 Å². The van der Waals surface area contributed by atoms with Crippen molar-refractivity contribution in [1.82, 2.24) is 4.90 Å². The standard InChI is InChI=1S/C22H26ClNO2S/c1-14(22(26)15-2-8-19(25)9-3-15)24-17-6-7-18(24)13-21(12-17)27-20-10-4-16(23)5-11-20/h2-5,8-11,14,17-18,21-22,25-26H,6-7,12-13H2,1H3/t14-,17?,18?,21?,22-/m0/s1. The molecule has 2 aromatic carbocycles. The Kier molecular flexibility index (Phi) is 5.70. The fourth-order valence-electron chi connectivity index (χ4n) is 4.74. The maximum absolute atomic E-state index is 10.9. The maximum atomic E-state index is 10.9. The zero-order valence-electron chi connectivity index (χ0n) is 15.5. The van der Waals surface area contributed by atoms with E-state index in [-0.39, 0.29) is 11.8 Å². The highest BCUT2D eigenvalue weighted by molar-refractivity contribution is 8.00. The molecule has 0 amide bonds. The lowest BCUT2D eigenvalue weighted by atomic mass is 9.95. The molecule has 0 saturated carbocycles. The van der Waals surface area contributed by atoms with Crippen LogP contribution in [0.3, 0.4) is 0 Å². The fourth-order valence-corrected chi connectivity index (χ4v) is 6.18. The van der Waals surface area contributed by atoms with E-state index in [1.165, 1.54) is 17.7 Å². The van der Waals surface area contributed by atoms with E-state index in [0.717, 1.165) is 23.4 Å². The third-order valence-corrected chi connectivity index (χ3v) is 7.54. The minimum atomic E-state index is -0.533. The fraction of sp³-hybridized carbons (Fsp3) is 0.455. The molecule has 144 valence electrons. The van der Waals surface area contributed by atoms with Gasteiger partial charge in [0.15, 0.2) is 0 Å². The largest absolute Gasteiger partial charge is 0.508 e. The van der Waals surface area contributed by atoms with Crippen LogP contribution in [0.5, 0.6) is 5.75 Å². The molecule has 0 aliphatic carbocycles. The van der Waals surface area contributed by atoms with E-state index in [1.54, 1.807) is 12.1 Å². The third kappa shape index (κ3) is 4.14. The summed E-state index contributed by atoms with van der Waals surface area (Å²) in [5.41, 5.74) is 0.873. The van der Waals surface area contributed by atoms with Gasteiger partial charge in [0, 0.05) is 33.3 Å². The van der Waals surface area contributed by atoms with Crippen LogP contribution in [0.2, 0.25) is 5.02 Å². The molecule has 3 nitrogen and oxygen atoms in total. The van der Waals surface area contributed by atoms with Gasteiger partial charge in [-0.3, -0.25) is 4.90 Å². The summed E-state index contributed by atoms with van der Waals surface area (Å²) in [7, 11) is 0. The number of phenols is 1. The van der Waals surface area contributed by atoms with Crippen molar-refractivity contribution in [3.8, 4) is 5.75 Å². The minimum absolute atomic E-state index is 0.0773. The van der Waals surface area contributed by atoms with Crippen LogP contribution in [0, 0.1) is 0 Å². The molecule has 27 heavy (non-hydrogen) atoms. The van der Waals surface area contributed by atoms with Gasteiger partial charge in [-0.2, -0.15) is 0 Å². The lowest BCUT2D eigenvalue weighted by Crippen LogP contribution is -2.50. The molecule has 2 aliphatic rings. The Morgan fingerprint density at radius 3 is 2.19 bits per heavy atom. The number of aliphatic hydroxyl groups excluding tert-OH is 1. The van der Waals surface area contributed by atoms with E-state index in [4.69, 9.17) is 11.6 Å². The number of rotatable bonds is 5. The van der Waals surface area contributed by atoms with Crippen molar-refractivity contribution in [3.63, 3.8) is 0 Å². The predicted molar refractivity (Wildman–Crippen MR) is 112 cm³/mol. The van der Waals surface area contributed by atoms with Crippen LogP contribution in [0.15, 0.2) is 53.4 Å². The minimum Gasteiger partial charge on any atom is -0.508 e. The van der Waals surface area contributed by atoms with E-state index in [9.17, 15) is 10.2 Å². The molecule has 2 saturated heterocycles. The van der Waals surface area contributed by atoms with E-state index >= 15 is 0 Å². The highest BCUT2D eigenvalue weighted by Gasteiger charge is 2.44. The highest BCUT2D eigenvalue weighted by atomic mass is 35.5. The van der Waals surface area contributed by atoms with Gasteiger partial charge in [0.05, 0.1) is 6.10 Å². The van der Waals surface area contributed by atoms with Gasteiger partial charge < -0.3 is 10.2 Å². The summed E-state index contributed by atoms with van der Waals surface area (Å²) in [5.74, 6) is 0.235. The first-order valence-corrected chi connectivity index (χ1v) is 10.9. The van der Waals surface area contributed by atoms with Crippen LogP contribution in [-0.2, 0) is 0 Å². The molecule has 0 aromatic heterocycles. The highest BCUT2D eigenvalue weighted by Crippen LogP contribution is 2.44. The molecule has 2 bridgehead atoms. The number of aliphatic hydroxyl groups is 1. The van der Waals surface area contributed by atoms with E-state index in [2.05, 4.69) is 24.0 Å². The van der Waals surface area contributed by atoms with Crippen LogP contribution in [0.1, 0.15) is 44.3 Å². The Morgan fingerprint density at radius 1 is 1.00 bits per heavy atom. The number of aromatic hydroxyl groups is 1. The van der Waals surface area contributed by atoms with E-state index in [0.29, 0.717) is 17.3 Å². The molecule has 2 heterocycles. The quantitative estimate of drug-likeness (QED) is 0.715. The van der Waals surface area contributed by atoms with Gasteiger partial charge in [0.1, 0.15) is 5.75 Å². The van der Waals surface area contributed by atoms with Crippen molar-refractivity contribution >= 4 is 23.4 Å². The molecule has 0 spiro atoms. The molecule has 2 N–H and O–H groups in total. The second kappa shape index (κ2) is 8.04. The smallest absolute Gasteiger partial charge is 0.115 e. The molecule has 0 radical (unpaired) electrons. The van der Waals surface area contributed by atoms with Crippen molar-refractivity contribution in [2.75, 3.05) is 0 Å². The number of nitrogens with zero attached hydrogens (tertiary/aromatic N) is 1. The van der Waals surface area contributed by atoms with Crippen molar-refractivity contribution in [2.45, 2.75) is 67.0 Å². The molecule has 4 atom stereocenters. The van der Waals surface area contributed by atoms with Gasteiger partial charge in [0.25, 0.3) is 0 Å². The van der Waals surface area contributed by atoms with Crippen LogP contribution in [-0.4, -0.2) is 38.5 Å². The summed E-state index contributed by atoms with van der Waals surface area (Å²) >= 11 is 7.97. The molecule has 2 aliphatic heterocycles. The summed E-state index contributed by atoms with van der Waals surface area (Å²) in [5, 5.41) is 21.8. The lowest BCUT2D eigenvalue weighted by Gasteiger charge is -2.43. The second-order valence-electron chi connectivity index (χ2n) is 7.77. The number of hydrogen-bond acceptors (Lipinski definition) is 4. The first-order valence-electron chi connectivity index (χ1n) is 9.68. The number of fused-ring (bicyclic) bond motifs is 2. The number of benzene rings is 2. The average molecular weight is 404 g/mol. The molecule has 2 aromatic rings. The zero-order valence-corrected chi connectivity index (χ0v) is 17.0. The summed E-state index contributed by atoms with van der Waals surface area (Å²) < 4.78 is 0. The Bertz CT molecular complexity index is 753. The summed E-state index contributed by atoms with van der Waals surface area (Å²) in [4.78, 5) is 3.84. The van der Waals surface area contributed by atoms with Crippen LogP contribution in [0.4, 0.5) is 0 Å². The summed E-state index contributed by atoms with van der Waals surface area (Å²) in [6, 6.07) is 16.2. The topological polar surface area (TPSA) is 43.7 Å². The Labute approximate surface area is 170 Å². The number of piperidine rings is 1. The first kappa shape index (κ1) is 19.1. The second-order valence-corrected chi connectivity index (χ2v) is 9.58. The van der Waals surface area contributed by atoms with Crippen molar-refractivity contribution < 1.29 is 10.2 Å². The summed E-state index contributed by atoms with van der Waals surface area (Å²) in [6.45, 7) is 2.13. The third-order valence-electron chi connectivity index (χ3n) is 6.02. The van der Waals surface area contributed by atoms with Crippen molar-refractivity contribution in [1.29, 1.82) is 0 Å². The van der Waals surface area contributed by atoms with Crippen LogP contribution in [0.25, 0.3) is 0 Å². The van der Waals surface area contributed by atoms with Crippen molar-refractivity contribution in [3.05, 3.63) is 59.1 Å². The molecule has 5 heteroatoms. The SMILES string of the molecule is C[C@@H]([C@H](O)c1ccc(O)cc1)N1C2CCC1CC(Sc1ccc(Cl)cc1)C2. The van der Waals surface area contributed by atoms with Gasteiger partial charge in [-0.15, -0.1) is 11.8 Å². The maximum Gasteiger partial charge on any atom is 0.115 e. The Morgan fingerprint density at radius 2 is 1.59 bits per heavy atom. The van der Waals surface area contributed by atoms with Gasteiger partial charge in [0.2, 0.25) is 0 Å². The van der Waals surface area contributed by atoms with Gasteiger partial charge in [-0.1, -0.05) is 23.7 Å². The van der Waals surface area contributed by atoms with Crippen LogP contribution < -0.4 is 0 Å². The molecular weight excluding hydrogens is 378 g/mol. The summed E-state index contributed by atoms with van der Waals surface area (Å²) in [6.07, 6.45) is 4.23. The number of phenolic OH excluding ortho intramolecular Hbond substituents is 1. The molecule has 2 unspecified atom stereocenters. The average Bonchev–Trinajstić information content (AvgIpc) is 2.93. The van der Waals surface area contributed by atoms with Gasteiger partial charge in [-0.05, 0) is 74.6 Å². The molecule has 2 fully saturated rings. The Balaban J connectivity index is 1.42. The van der Waals surface area contributed by atoms with Crippen LogP contribution >= 0.6 is 23.4 Å². The molecule has 4 rings (SSSR count). The number of thioether (sulfide) groups is 1.